The minimum atomic E-state index is -0.345. The molecule has 0 bridgehead atoms. The first kappa shape index (κ1) is 17.0. The molecule has 3 atom stereocenters. The zero-order valence-electron chi connectivity index (χ0n) is 13.8. The van der Waals surface area contributed by atoms with Gasteiger partial charge in [0.05, 0.1) is 0 Å². The number of hydrogen-bond acceptors (Lipinski definition) is 2. The number of piperazine rings is 1. The maximum Gasteiger partial charge on any atom is 0.245 e. The highest BCUT2D eigenvalue weighted by molar-refractivity contribution is 5.97. The lowest BCUT2D eigenvalue weighted by molar-refractivity contribution is -0.151. The van der Waals surface area contributed by atoms with Crippen molar-refractivity contribution in [2.75, 3.05) is 6.54 Å². The first-order chi connectivity index (χ1) is 9.21. The maximum absolute atomic E-state index is 12.6. The van der Waals surface area contributed by atoms with E-state index in [0.29, 0.717) is 13.0 Å². The van der Waals surface area contributed by atoms with Gasteiger partial charge in [0.15, 0.2) is 0 Å². The summed E-state index contributed by atoms with van der Waals surface area (Å²) in [6.07, 6.45) is 2.47. The SMILES string of the molecule is CCC1NC(=O)C(C(C)CC)N(CCC(C)(C)C)C1=O. The second kappa shape index (κ2) is 6.59. The first-order valence-electron chi connectivity index (χ1n) is 7.82. The van der Waals surface area contributed by atoms with Gasteiger partial charge in [0.1, 0.15) is 12.1 Å². The Kier molecular flexibility index (Phi) is 5.60. The van der Waals surface area contributed by atoms with Crippen LogP contribution in [-0.4, -0.2) is 35.3 Å². The van der Waals surface area contributed by atoms with Crippen molar-refractivity contribution in [3.63, 3.8) is 0 Å². The van der Waals surface area contributed by atoms with Gasteiger partial charge in [-0.25, -0.2) is 0 Å². The molecule has 3 unspecified atom stereocenters. The Morgan fingerprint density at radius 3 is 2.30 bits per heavy atom. The Bertz CT molecular complexity index is 360. The van der Waals surface area contributed by atoms with E-state index in [-0.39, 0.29) is 35.2 Å². The Labute approximate surface area is 123 Å². The number of rotatable bonds is 5. The third kappa shape index (κ3) is 3.97. The number of carbonyl (C=O) groups excluding carboxylic acids is 2. The highest BCUT2D eigenvalue weighted by Crippen LogP contribution is 2.25. The minimum absolute atomic E-state index is 0.0136. The van der Waals surface area contributed by atoms with E-state index in [0.717, 1.165) is 12.8 Å². The molecule has 0 aromatic heterocycles. The monoisotopic (exact) mass is 282 g/mol. The molecule has 4 nitrogen and oxygen atoms in total. The van der Waals surface area contributed by atoms with Crippen LogP contribution in [0.1, 0.15) is 60.8 Å². The molecule has 1 aliphatic rings. The summed E-state index contributed by atoms with van der Waals surface area (Å²) >= 11 is 0. The number of amides is 2. The van der Waals surface area contributed by atoms with Crippen LogP contribution in [0.4, 0.5) is 0 Å². The van der Waals surface area contributed by atoms with E-state index >= 15 is 0 Å². The highest BCUT2D eigenvalue weighted by Gasteiger charge is 2.41. The molecule has 0 spiro atoms. The van der Waals surface area contributed by atoms with Gasteiger partial charge in [-0.3, -0.25) is 9.59 Å². The average Bonchev–Trinajstić information content (AvgIpc) is 2.37. The van der Waals surface area contributed by atoms with E-state index in [4.69, 9.17) is 0 Å². The lowest BCUT2D eigenvalue weighted by atomic mass is 9.89. The topological polar surface area (TPSA) is 49.4 Å². The van der Waals surface area contributed by atoms with Crippen molar-refractivity contribution in [1.29, 1.82) is 0 Å². The molecule has 20 heavy (non-hydrogen) atoms. The van der Waals surface area contributed by atoms with Gasteiger partial charge in [-0.15, -0.1) is 0 Å². The predicted molar refractivity (Wildman–Crippen MR) is 81.2 cm³/mol. The van der Waals surface area contributed by atoms with Gasteiger partial charge >= 0.3 is 0 Å². The van der Waals surface area contributed by atoms with Crippen molar-refractivity contribution >= 4 is 11.8 Å². The predicted octanol–water partition coefficient (Wildman–Crippen LogP) is 2.57. The molecule has 1 N–H and O–H groups in total. The lowest BCUT2D eigenvalue weighted by Crippen LogP contribution is -2.65. The Morgan fingerprint density at radius 2 is 1.85 bits per heavy atom. The van der Waals surface area contributed by atoms with Crippen LogP contribution in [0.2, 0.25) is 0 Å². The van der Waals surface area contributed by atoms with Crippen LogP contribution in [0, 0.1) is 11.3 Å². The van der Waals surface area contributed by atoms with Gasteiger partial charge in [-0.05, 0) is 24.2 Å². The summed E-state index contributed by atoms with van der Waals surface area (Å²) in [5.74, 6) is 0.290. The summed E-state index contributed by atoms with van der Waals surface area (Å²) in [7, 11) is 0. The molecule has 4 heteroatoms. The third-order valence-corrected chi connectivity index (χ3v) is 4.20. The fourth-order valence-corrected chi connectivity index (χ4v) is 2.57. The number of nitrogens with zero attached hydrogens (tertiary/aromatic N) is 1. The van der Waals surface area contributed by atoms with Crippen LogP contribution >= 0.6 is 0 Å². The fourth-order valence-electron chi connectivity index (χ4n) is 2.57. The molecule has 0 aliphatic carbocycles. The van der Waals surface area contributed by atoms with Crippen molar-refractivity contribution in [3.05, 3.63) is 0 Å². The van der Waals surface area contributed by atoms with Gasteiger partial charge in [0.2, 0.25) is 11.8 Å². The molecule has 1 heterocycles. The standard InChI is InChI=1S/C16H30N2O2/c1-7-11(3)13-14(19)17-12(8-2)15(20)18(13)10-9-16(4,5)6/h11-13H,7-10H2,1-6H3,(H,17,19). The Hall–Kier alpha value is -1.06. The van der Waals surface area contributed by atoms with E-state index in [2.05, 4.69) is 33.0 Å². The molecule has 1 aliphatic heterocycles. The summed E-state index contributed by atoms with van der Waals surface area (Å²) in [6.45, 7) is 13.2. The van der Waals surface area contributed by atoms with Crippen LogP contribution in [0.15, 0.2) is 0 Å². The Balaban J connectivity index is 2.94. The smallest absolute Gasteiger partial charge is 0.245 e. The largest absolute Gasteiger partial charge is 0.343 e. The zero-order valence-corrected chi connectivity index (χ0v) is 13.8. The molecule has 0 radical (unpaired) electrons. The molecule has 1 saturated heterocycles. The summed E-state index contributed by atoms with van der Waals surface area (Å²) in [4.78, 5) is 26.7. The fraction of sp³-hybridized carbons (Fsp3) is 0.875. The molecule has 1 rings (SSSR count). The normalized spacial score (nSPS) is 25.6. The molecule has 0 aromatic rings. The molecule has 0 saturated carbocycles. The molecular formula is C16H30N2O2. The van der Waals surface area contributed by atoms with Crippen LogP contribution in [0.25, 0.3) is 0 Å². The van der Waals surface area contributed by atoms with Crippen molar-refractivity contribution < 1.29 is 9.59 Å². The summed E-state index contributed by atoms with van der Waals surface area (Å²) < 4.78 is 0. The van der Waals surface area contributed by atoms with E-state index in [1.165, 1.54) is 0 Å². The summed E-state index contributed by atoms with van der Waals surface area (Å²) in [5.41, 5.74) is 0.163. The van der Waals surface area contributed by atoms with Crippen molar-refractivity contribution in [3.8, 4) is 0 Å². The first-order valence-corrected chi connectivity index (χ1v) is 7.82. The molecule has 2 amide bonds. The van der Waals surface area contributed by atoms with Crippen molar-refractivity contribution in [1.82, 2.24) is 10.2 Å². The van der Waals surface area contributed by atoms with E-state index < -0.39 is 0 Å². The summed E-state index contributed by atoms with van der Waals surface area (Å²) in [6, 6.07) is -0.652. The van der Waals surface area contributed by atoms with Gasteiger partial charge in [-0.1, -0.05) is 48.0 Å². The molecule has 1 fully saturated rings. The lowest BCUT2D eigenvalue weighted by Gasteiger charge is -2.42. The van der Waals surface area contributed by atoms with Gasteiger partial charge in [0, 0.05) is 6.54 Å². The number of nitrogens with one attached hydrogen (secondary N) is 1. The molecule has 0 aromatic carbocycles. The number of carbonyl (C=O) groups is 2. The van der Waals surface area contributed by atoms with Crippen LogP contribution in [0.5, 0.6) is 0 Å². The summed E-state index contributed by atoms with van der Waals surface area (Å²) in [5, 5.41) is 2.88. The zero-order chi connectivity index (χ0) is 15.5. The number of hydrogen-bond donors (Lipinski definition) is 1. The molecule has 116 valence electrons. The van der Waals surface area contributed by atoms with E-state index in [1.807, 2.05) is 18.7 Å². The van der Waals surface area contributed by atoms with Crippen LogP contribution in [0.3, 0.4) is 0 Å². The van der Waals surface area contributed by atoms with Crippen LogP contribution in [-0.2, 0) is 9.59 Å². The highest BCUT2D eigenvalue weighted by atomic mass is 16.2. The van der Waals surface area contributed by atoms with Gasteiger partial charge in [-0.2, -0.15) is 0 Å². The maximum atomic E-state index is 12.6. The third-order valence-electron chi connectivity index (χ3n) is 4.20. The minimum Gasteiger partial charge on any atom is -0.343 e. The average molecular weight is 282 g/mol. The van der Waals surface area contributed by atoms with Crippen molar-refractivity contribution in [2.24, 2.45) is 11.3 Å². The molecular weight excluding hydrogens is 252 g/mol. The van der Waals surface area contributed by atoms with E-state index in [1.54, 1.807) is 0 Å². The van der Waals surface area contributed by atoms with E-state index in [9.17, 15) is 9.59 Å². The quantitative estimate of drug-likeness (QED) is 0.842. The van der Waals surface area contributed by atoms with Gasteiger partial charge < -0.3 is 10.2 Å². The Morgan fingerprint density at radius 1 is 1.25 bits per heavy atom. The van der Waals surface area contributed by atoms with Crippen LogP contribution < -0.4 is 5.32 Å². The van der Waals surface area contributed by atoms with Crippen molar-refractivity contribution in [2.45, 2.75) is 72.9 Å². The second-order valence-electron chi connectivity index (χ2n) is 7.14. The van der Waals surface area contributed by atoms with Gasteiger partial charge in [0.25, 0.3) is 0 Å². The second-order valence-corrected chi connectivity index (χ2v) is 7.14.